The minimum atomic E-state index is -3.84. The first-order valence-corrected chi connectivity index (χ1v) is 11.5. The number of primary sulfonamides is 1. The Balaban J connectivity index is 1.80. The zero-order valence-corrected chi connectivity index (χ0v) is 18.7. The van der Waals surface area contributed by atoms with Crippen LogP contribution in [0.3, 0.4) is 0 Å². The van der Waals surface area contributed by atoms with E-state index in [4.69, 9.17) is 14.6 Å². The maximum atomic E-state index is 12.3. The van der Waals surface area contributed by atoms with E-state index in [1.165, 1.54) is 31.2 Å². The third-order valence-electron chi connectivity index (χ3n) is 4.33. The predicted molar refractivity (Wildman–Crippen MR) is 118 cm³/mol. The van der Waals surface area contributed by atoms with Gasteiger partial charge in [0.15, 0.2) is 11.9 Å². The van der Waals surface area contributed by atoms with Gasteiger partial charge in [-0.3, -0.25) is 14.4 Å². The molecule has 1 atom stereocenters. The third kappa shape index (κ3) is 7.78. The van der Waals surface area contributed by atoms with Crippen LogP contribution in [0.1, 0.15) is 43.5 Å². The number of esters is 1. The molecule has 0 aromatic heterocycles. The number of anilines is 1. The van der Waals surface area contributed by atoms with Crippen LogP contribution in [-0.4, -0.2) is 38.8 Å². The van der Waals surface area contributed by atoms with E-state index in [1.807, 2.05) is 6.92 Å². The first-order chi connectivity index (χ1) is 15.1. The molecule has 0 aliphatic carbocycles. The van der Waals surface area contributed by atoms with Gasteiger partial charge >= 0.3 is 5.97 Å². The van der Waals surface area contributed by atoms with Crippen molar-refractivity contribution >= 4 is 33.4 Å². The second kappa shape index (κ2) is 11.4. The number of Topliss-reactive ketones (excluding diaryl/α,β-unsaturated/α-hetero) is 1. The molecule has 0 bridgehead atoms. The van der Waals surface area contributed by atoms with E-state index in [-0.39, 0.29) is 23.5 Å². The predicted octanol–water partition coefficient (Wildman–Crippen LogP) is 2.66. The zero-order chi connectivity index (χ0) is 23.7. The van der Waals surface area contributed by atoms with Gasteiger partial charge in [-0.25, -0.2) is 13.6 Å². The van der Waals surface area contributed by atoms with Gasteiger partial charge in [0.1, 0.15) is 5.75 Å². The highest BCUT2D eigenvalue weighted by Gasteiger charge is 2.19. The van der Waals surface area contributed by atoms with E-state index >= 15 is 0 Å². The average molecular weight is 463 g/mol. The number of carbonyl (C=O) groups is 3. The van der Waals surface area contributed by atoms with E-state index in [2.05, 4.69) is 5.32 Å². The monoisotopic (exact) mass is 462 g/mol. The molecule has 0 aliphatic rings. The summed E-state index contributed by atoms with van der Waals surface area (Å²) in [4.78, 5) is 36.4. The van der Waals surface area contributed by atoms with Crippen LogP contribution < -0.4 is 15.2 Å². The van der Waals surface area contributed by atoms with Gasteiger partial charge in [-0.15, -0.1) is 0 Å². The van der Waals surface area contributed by atoms with Crippen molar-refractivity contribution < 1.29 is 32.3 Å². The molecule has 1 amide bonds. The molecule has 1 unspecified atom stereocenters. The van der Waals surface area contributed by atoms with Crippen molar-refractivity contribution in [3.8, 4) is 5.75 Å². The minimum Gasteiger partial charge on any atom is -0.494 e. The Hall–Kier alpha value is -3.24. The average Bonchev–Trinajstić information content (AvgIpc) is 2.76. The molecular formula is C22H26N2O7S. The maximum absolute atomic E-state index is 12.3. The molecular weight excluding hydrogens is 436 g/mol. The van der Waals surface area contributed by atoms with Crippen LogP contribution in [-0.2, 0) is 24.3 Å². The van der Waals surface area contributed by atoms with E-state index in [0.29, 0.717) is 23.6 Å². The summed E-state index contributed by atoms with van der Waals surface area (Å²) in [6.45, 7) is 3.98. The van der Waals surface area contributed by atoms with Crippen molar-refractivity contribution in [2.24, 2.45) is 5.14 Å². The first-order valence-electron chi connectivity index (χ1n) is 9.99. The van der Waals surface area contributed by atoms with E-state index in [9.17, 15) is 22.8 Å². The van der Waals surface area contributed by atoms with Crippen LogP contribution >= 0.6 is 0 Å². The standard InChI is InChI=1S/C22H26N2O7S/c1-3-14-30-18-8-4-16(5-9-18)20(25)12-13-21(26)31-15(2)22(27)24-17-6-10-19(11-7-17)32(23,28)29/h4-11,15H,3,12-14H2,1-2H3,(H,24,27)(H2,23,28,29). The summed E-state index contributed by atoms with van der Waals surface area (Å²) in [7, 11) is -3.84. The van der Waals surface area contributed by atoms with Crippen LogP contribution in [0.5, 0.6) is 5.75 Å². The van der Waals surface area contributed by atoms with Gasteiger partial charge < -0.3 is 14.8 Å². The summed E-state index contributed by atoms with van der Waals surface area (Å²) in [6, 6.07) is 11.9. The molecule has 2 rings (SSSR count). The smallest absolute Gasteiger partial charge is 0.307 e. The minimum absolute atomic E-state index is 0.0582. The number of amides is 1. The number of ketones is 1. The molecule has 172 valence electrons. The van der Waals surface area contributed by atoms with Gasteiger partial charge in [0.05, 0.1) is 17.9 Å². The van der Waals surface area contributed by atoms with Crippen molar-refractivity contribution in [1.29, 1.82) is 0 Å². The van der Waals surface area contributed by atoms with Crippen molar-refractivity contribution in [2.75, 3.05) is 11.9 Å². The molecule has 2 aromatic carbocycles. The fourth-order valence-electron chi connectivity index (χ4n) is 2.60. The summed E-state index contributed by atoms with van der Waals surface area (Å²) < 4.78 is 33.0. The fourth-order valence-corrected chi connectivity index (χ4v) is 3.11. The molecule has 3 N–H and O–H groups in total. The summed E-state index contributed by atoms with van der Waals surface area (Å²) in [5, 5.41) is 7.53. The second-order valence-electron chi connectivity index (χ2n) is 6.99. The molecule has 9 nitrogen and oxygen atoms in total. The molecule has 0 heterocycles. The highest BCUT2D eigenvalue weighted by atomic mass is 32.2. The van der Waals surface area contributed by atoms with Crippen molar-refractivity contribution in [3.63, 3.8) is 0 Å². The van der Waals surface area contributed by atoms with Crippen molar-refractivity contribution in [3.05, 3.63) is 54.1 Å². The van der Waals surface area contributed by atoms with Crippen LogP contribution in [0, 0.1) is 0 Å². The van der Waals surface area contributed by atoms with Gasteiger partial charge in [-0.05, 0) is 61.9 Å². The van der Waals surface area contributed by atoms with Gasteiger partial charge in [0.2, 0.25) is 10.0 Å². The molecule has 2 aromatic rings. The number of sulfonamides is 1. The highest BCUT2D eigenvalue weighted by molar-refractivity contribution is 7.89. The Bertz CT molecular complexity index is 1050. The lowest BCUT2D eigenvalue weighted by Crippen LogP contribution is -2.30. The Morgan fingerprint density at radius 2 is 1.62 bits per heavy atom. The largest absolute Gasteiger partial charge is 0.494 e. The molecule has 10 heteroatoms. The summed E-state index contributed by atoms with van der Waals surface area (Å²) in [6.07, 6.45) is -0.458. The van der Waals surface area contributed by atoms with Gasteiger partial charge in [-0.2, -0.15) is 0 Å². The van der Waals surface area contributed by atoms with E-state index in [0.717, 1.165) is 6.42 Å². The van der Waals surface area contributed by atoms with Crippen molar-refractivity contribution in [1.82, 2.24) is 0 Å². The number of hydrogen-bond donors (Lipinski definition) is 2. The SMILES string of the molecule is CCCOc1ccc(C(=O)CCC(=O)OC(C)C(=O)Nc2ccc(S(N)(=O)=O)cc2)cc1. The molecule has 0 saturated heterocycles. The molecule has 0 fully saturated rings. The lowest BCUT2D eigenvalue weighted by atomic mass is 10.1. The Kier molecular flexibility index (Phi) is 8.91. The van der Waals surface area contributed by atoms with Crippen molar-refractivity contribution in [2.45, 2.75) is 44.1 Å². The van der Waals surface area contributed by atoms with Gasteiger partial charge in [0.25, 0.3) is 5.91 Å². The molecule has 32 heavy (non-hydrogen) atoms. The fraction of sp³-hybridized carbons (Fsp3) is 0.318. The number of ether oxygens (including phenoxy) is 2. The lowest BCUT2D eigenvalue weighted by Gasteiger charge is -2.13. The molecule has 0 radical (unpaired) electrons. The maximum Gasteiger partial charge on any atom is 0.307 e. The van der Waals surface area contributed by atoms with Gasteiger partial charge in [0, 0.05) is 17.7 Å². The van der Waals surface area contributed by atoms with E-state index in [1.54, 1.807) is 24.3 Å². The summed E-state index contributed by atoms with van der Waals surface area (Å²) in [5.74, 6) is -0.845. The van der Waals surface area contributed by atoms with Gasteiger partial charge in [-0.1, -0.05) is 6.92 Å². The van der Waals surface area contributed by atoms with Crippen LogP contribution in [0.4, 0.5) is 5.69 Å². The quantitative estimate of drug-likeness (QED) is 0.386. The molecule has 0 saturated carbocycles. The Morgan fingerprint density at radius 1 is 1.00 bits per heavy atom. The summed E-state index contributed by atoms with van der Waals surface area (Å²) >= 11 is 0. The zero-order valence-electron chi connectivity index (χ0n) is 17.9. The normalized spacial score (nSPS) is 12.0. The lowest BCUT2D eigenvalue weighted by molar-refractivity contribution is -0.153. The number of rotatable bonds is 11. The second-order valence-corrected chi connectivity index (χ2v) is 8.55. The van der Waals surface area contributed by atoms with Crippen LogP contribution in [0.25, 0.3) is 0 Å². The first kappa shape index (κ1) is 25.0. The molecule has 0 spiro atoms. The highest BCUT2D eigenvalue weighted by Crippen LogP contribution is 2.16. The van der Waals surface area contributed by atoms with Crippen LogP contribution in [0.2, 0.25) is 0 Å². The van der Waals surface area contributed by atoms with Crippen LogP contribution in [0.15, 0.2) is 53.4 Å². The number of nitrogens with one attached hydrogen (secondary N) is 1. The molecule has 0 aliphatic heterocycles. The number of hydrogen-bond acceptors (Lipinski definition) is 7. The van der Waals surface area contributed by atoms with E-state index < -0.39 is 28.0 Å². The Labute approximate surface area is 187 Å². The number of carbonyl (C=O) groups excluding carboxylic acids is 3. The third-order valence-corrected chi connectivity index (χ3v) is 5.26. The number of benzene rings is 2. The Morgan fingerprint density at radius 3 is 2.19 bits per heavy atom. The number of nitrogens with two attached hydrogens (primary N) is 1. The topological polar surface area (TPSA) is 142 Å². The summed E-state index contributed by atoms with van der Waals surface area (Å²) in [5.41, 5.74) is 0.766.